The molecular formula is C16H19N7O2. The summed E-state index contributed by atoms with van der Waals surface area (Å²) in [6, 6.07) is 7.10. The van der Waals surface area contributed by atoms with E-state index < -0.39 is 0 Å². The highest BCUT2D eigenvalue weighted by Gasteiger charge is 2.11. The quantitative estimate of drug-likeness (QED) is 0.708. The Hall–Kier alpha value is -3.23. The maximum Gasteiger partial charge on any atom is 0.361 e. The average Bonchev–Trinajstić information content (AvgIpc) is 3.17. The number of tetrazole rings is 1. The SMILES string of the molecule is Cc1nn(C)c(C)c1CCC(=O)Nc1ccc(Oc2nn[nH]n2)cc1. The molecule has 0 spiro atoms. The highest BCUT2D eigenvalue weighted by atomic mass is 16.5. The zero-order valence-electron chi connectivity index (χ0n) is 14.3. The molecule has 0 bridgehead atoms. The van der Waals surface area contributed by atoms with Crippen LogP contribution in [0.15, 0.2) is 24.3 Å². The van der Waals surface area contributed by atoms with E-state index in [2.05, 4.69) is 31.0 Å². The Morgan fingerprint density at radius 3 is 2.64 bits per heavy atom. The van der Waals surface area contributed by atoms with Crippen LogP contribution < -0.4 is 10.1 Å². The van der Waals surface area contributed by atoms with Crippen molar-refractivity contribution in [2.45, 2.75) is 26.7 Å². The predicted molar refractivity (Wildman–Crippen MR) is 90.3 cm³/mol. The molecular weight excluding hydrogens is 322 g/mol. The number of aryl methyl sites for hydroxylation is 2. The van der Waals surface area contributed by atoms with Crippen molar-refractivity contribution in [1.82, 2.24) is 30.4 Å². The van der Waals surface area contributed by atoms with E-state index in [1.54, 1.807) is 24.3 Å². The first-order valence-electron chi connectivity index (χ1n) is 7.83. The van der Waals surface area contributed by atoms with Crippen molar-refractivity contribution in [3.63, 3.8) is 0 Å². The monoisotopic (exact) mass is 341 g/mol. The van der Waals surface area contributed by atoms with Gasteiger partial charge in [0.2, 0.25) is 5.91 Å². The summed E-state index contributed by atoms with van der Waals surface area (Å²) >= 11 is 0. The van der Waals surface area contributed by atoms with Gasteiger partial charge in [-0.1, -0.05) is 10.2 Å². The number of ether oxygens (including phenoxy) is 1. The zero-order chi connectivity index (χ0) is 17.8. The number of carbonyl (C=O) groups is 1. The molecule has 2 N–H and O–H groups in total. The molecule has 0 aliphatic rings. The fraction of sp³-hybridized carbons (Fsp3) is 0.312. The van der Waals surface area contributed by atoms with Crippen LogP contribution in [0.2, 0.25) is 0 Å². The van der Waals surface area contributed by atoms with E-state index in [0.717, 1.165) is 17.0 Å². The molecule has 3 rings (SSSR count). The summed E-state index contributed by atoms with van der Waals surface area (Å²) in [7, 11) is 1.91. The Morgan fingerprint density at radius 1 is 1.28 bits per heavy atom. The Kier molecular flexibility index (Phi) is 4.73. The van der Waals surface area contributed by atoms with Crippen LogP contribution in [0.1, 0.15) is 23.4 Å². The number of carbonyl (C=O) groups excluding carboxylic acids is 1. The van der Waals surface area contributed by atoms with Crippen LogP contribution in [0.25, 0.3) is 0 Å². The summed E-state index contributed by atoms with van der Waals surface area (Å²) in [4.78, 5) is 12.2. The van der Waals surface area contributed by atoms with E-state index in [-0.39, 0.29) is 11.9 Å². The summed E-state index contributed by atoms with van der Waals surface area (Å²) in [6.45, 7) is 3.97. The molecule has 130 valence electrons. The lowest BCUT2D eigenvalue weighted by Gasteiger charge is -2.07. The van der Waals surface area contributed by atoms with Gasteiger partial charge in [-0.25, -0.2) is 0 Å². The normalized spacial score (nSPS) is 10.7. The van der Waals surface area contributed by atoms with Crippen molar-refractivity contribution >= 4 is 11.6 Å². The Bertz CT molecular complexity index is 853. The summed E-state index contributed by atoms with van der Waals surface area (Å²) in [5.74, 6) is 0.510. The second-order valence-electron chi connectivity index (χ2n) is 5.64. The second kappa shape index (κ2) is 7.12. The van der Waals surface area contributed by atoms with Gasteiger partial charge in [-0.3, -0.25) is 9.48 Å². The number of benzene rings is 1. The number of aromatic nitrogens is 6. The third-order valence-electron chi connectivity index (χ3n) is 3.93. The molecule has 1 aromatic carbocycles. The van der Waals surface area contributed by atoms with E-state index >= 15 is 0 Å². The summed E-state index contributed by atoms with van der Waals surface area (Å²) in [5, 5.41) is 20.4. The van der Waals surface area contributed by atoms with Crippen molar-refractivity contribution in [3.8, 4) is 11.8 Å². The molecule has 1 amide bonds. The Morgan fingerprint density at radius 2 is 2.04 bits per heavy atom. The molecule has 2 aromatic heterocycles. The van der Waals surface area contributed by atoms with Crippen molar-refractivity contribution in [3.05, 3.63) is 41.2 Å². The number of H-pyrrole nitrogens is 1. The van der Waals surface area contributed by atoms with Crippen LogP contribution in [-0.4, -0.2) is 36.3 Å². The molecule has 0 aliphatic heterocycles. The first kappa shape index (κ1) is 16.6. The van der Waals surface area contributed by atoms with Gasteiger partial charge in [-0.05, 0) is 55.3 Å². The molecule has 0 radical (unpaired) electrons. The number of hydrogen-bond donors (Lipinski definition) is 2. The molecule has 2 heterocycles. The Balaban J connectivity index is 1.54. The number of nitrogens with zero attached hydrogens (tertiary/aromatic N) is 5. The fourth-order valence-electron chi connectivity index (χ4n) is 2.55. The van der Waals surface area contributed by atoms with E-state index in [0.29, 0.717) is 24.3 Å². The smallest absolute Gasteiger partial charge is 0.361 e. The number of anilines is 1. The van der Waals surface area contributed by atoms with E-state index in [4.69, 9.17) is 4.74 Å². The largest absolute Gasteiger partial charge is 0.422 e. The molecule has 0 fully saturated rings. The van der Waals surface area contributed by atoms with E-state index in [1.807, 2.05) is 25.6 Å². The van der Waals surface area contributed by atoms with Gasteiger partial charge < -0.3 is 10.1 Å². The van der Waals surface area contributed by atoms with Crippen molar-refractivity contribution in [2.75, 3.05) is 5.32 Å². The number of nitrogens with one attached hydrogen (secondary N) is 2. The van der Waals surface area contributed by atoms with E-state index in [1.165, 1.54) is 0 Å². The lowest BCUT2D eigenvalue weighted by molar-refractivity contribution is -0.116. The van der Waals surface area contributed by atoms with Gasteiger partial charge in [0.05, 0.1) is 5.69 Å². The van der Waals surface area contributed by atoms with Gasteiger partial charge in [0.15, 0.2) is 0 Å². The topological polar surface area (TPSA) is 111 Å². The van der Waals surface area contributed by atoms with Gasteiger partial charge in [-0.2, -0.15) is 10.3 Å². The van der Waals surface area contributed by atoms with Crippen LogP contribution in [0, 0.1) is 13.8 Å². The molecule has 3 aromatic rings. The van der Waals surface area contributed by atoms with Crippen LogP contribution in [0.4, 0.5) is 5.69 Å². The third-order valence-corrected chi connectivity index (χ3v) is 3.93. The van der Waals surface area contributed by atoms with Gasteiger partial charge in [-0.15, -0.1) is 0 Å². The number of amides is 1. The Labute approximate surface area is 144 Å². The number of rotatable bonds is 6. The van der Waals surface area contributed by atoms with Crippen molar-refractivity contribution in [1.29, 1.82) is 0 Å². The molecule has 25 heavy (non-hydrogen) atoms. The van der Waals surface area contributed by atoms with Gasteiger partial charge in [0.1, 0.15) is 5.75 Å². The summed E-state index contributed by atoms with van der Waals surface area (Å²) in [6.07, 6.45) is 1.06. The lowest BCUT2D eigenvalue weighted by atomic mass is 10.1. The van der Waals surface area contributed by atoms with Crippen molar-refractivity contribution in [2.24, 2.45) is 7.05 Å². The minimum atomic E-state index is -0.0468. The number of hydrogen-bond acceptors (Lipinski definition) is 6. The molecule has 0 aliphatic carbocycles. The molecule has 0 atom stereocenters. The predicted octanol–water partition coefficient (Wildman–Crippen LogP) is 1.91. The van der Waals surface area contributed by atoms with Crippen molar-refractivity contribution < 1.29 is 9.53 Å². The standard InChI is InChI=1S/C16H19N7O2/c1-10-14(11(2)23(3)20-10)8-9-15(24)17-12-4-6-13(7-5-12)25-16-18-21-22-19-16/h4-7H,8-9H2,1-3H3,(H,17,24)(H,18,19,21,22). The zero-order valence-corrected chi connectivity index (χ0v) is 14.3. The van der Waals surface area contributed by atoms with E-state index in [9.17, 15) is 4.79 Å². The number of aromatic amines is 1. The van der Waals surface area contributed by atoms with Gasteiger partial charge in [0.25, 0.3) is 0 Å². The second-order valence-corrected chi connectivity index (χ2v) is 5.64. The third kappa shape index (κ3) is 4.00. The van der Waals surface area contributed by atoms with Gasteiger partial charge in [0, 0.05) is 24.8 Å². The minimum Gasteiger partial charge on any atom is -0.422 e. The molecule has 9 heteroatoms. The highest BCUT2D eigenvalue weighted by molar-refractivity contribution is 5.90. The van der Waals surface area contributed by atoms with Crippen LogP contribution in [-0.2, 0) is 18.3 Å². The molecule has 0 unspecified atom stereocenters. The van der Waals surface area contributed by atoms with Crippen LogP contribution >= 0.6 is 0 Å². The maximum absolute atomic E-state index is 12.2. The molecule has 9 nitrogen and oxygen atoms in total. The lowest BCUT2D eigenvalue weighted by Crippen LogP contribution is -2.12. The van der Waals surface area contributed by atoms with Gasteiger partial charge >= 0.3 is 6.01 Å². The first-order chi connectivity index (χ1) is 12.0. The summed E-state index contributed by atoms with van der Waals surface area (Å²) < 4.78 is 7.21. The maximum atomic E-state index is 12.2. The first-order valence-corrected chi connectivity index (χ1v) is 7.83. The van der Waals surface area contributed by atoms with Crippen LogP contribution in [0.3, 0.4) is 0 Å². The molecule has 0 saturated carbocycles. The van der Waals surface area contributed by atoms with Crippen LogP contribution in [0.5, 0.6) is 11.8 Å². The summed E-state index contributed by atoms with van der Waals surface area (Å²) in [5.41, 5.74) is 3.88. The average molecular weight is 341 g/mol. The molecule has 0 saturated heterocycles. The fourth-order valence-corrected chi connectivity index (χ4v) is 2.55. The highest BCUT2D eigenvalue weighted by Crippen LogP contribution is 2.20. The minimum absolute atomic E-state index is 0.0468.